The van der Waals surface area contributed by atoms with Crippen LogP contribution in [0, 0.1) is 6.07 Å². The normalized spacial score (nSPS) is 13.1. The third-order valence-corrected chi connectivity index (χ3v) is 1.94. The molecule has 0 unspecified atom stereocenters. The van der Waals surface area contributed by atoms with Crippen molar-refractivity contribution in [2.75, 3.05) is 0 Å². The summed E-state index contributed by atoms with van der Waals surface area (Å²) in [5, 5.41) is 0. The second kappa shape index (κ2) is 2.39. The topological polar surface area (TPSA) is 0 Å². The Labute approximate surface area is 66.9 Å². The minimum atomic E-state index is 1.03. The maximum absolute atomic E-state index is 3.71. The van der Waals surface area contributed by atoms with Gasteiger partial charge in [-0.3, -0.25) is 0 Å². The predicted octanol–water partition coefficient (Wildman–Crippen LogP) is 2.70. The van der Waals surface area contributed by atoms with Crippen LogP contribution in [0.15, 0.2) is 24.8 Å². The molecule has 0 fully saturated rings. The monoisotopic (exact) mass is 141 g/mol. The van der Waals surface area contributed by atoms with Gasteiger partial charge < -0.3 is 0 Å². The van der Waals surface area contributed by atoms with E-state index in [4.69, 9.17) is 0 Å². The third-order valence-electron chi connectivity index (χ3n) is 1.94. The molecular weight excluding hydrogens is 132 g/mol. The minimum Gasteiger partial charge on any atom is -0.0985 e. The molecule has 2 rings (SSSR count). The van der Waals surface area contributed by atoms with Gasteiger partial charge in [-0.1, -0.05) is 24.8 Å². The highest BCUT2D eigenvalue weighted by molar-refractivity contribution is 5.63. The molecule has 53 valence electrons. The summed E-state index contributed by atoms with van der Waals surface area (Å²) in [6.45, 7) is 3.71. The Morgan fingerprint density at radius 2 is 2.45 bits per heavy atom. The predicted molar refractivity (Wildman–Crippen MR) is 48.1 cm³/mol. The van der Waals surface area contributed by atoms with Crippen LogP contribution in [0.25, 0.3) is 12.2 Å². The average Bonchev–Trinajstić information content (AvgIpc) is 2.50. The first kappa shape index (κ1) is 6.41. The summed E-state index contributed by atoms with van der Waals surface area (Å²) < 4.78 is 0. The van der Waals surface area contributed by atoms with Crippen molar-refractivity contribution in [1.29, 1.82) is 0 Å². The van der Waals surface area contributed by atoms with Crippen molar-refractivity contribution in [1.82, 2.24) is 0 Å². The summed E-state index contributed by atoms with van der Waals surface area (Å²) in [6, 6.07) is 7.36. The number of fused-ring (bicyclic) bond motifs is 1. The highest BCUT2D eigenvalue weighted by atomic mass is 14.1. The van der Waals surface area contributed by atoms with Crippen LogP contribution in [-0.4, -0.2) is 0 Å². The molecule has 0 aromatic heterocycles. The molecule has 0 nitrogen and oxygen atoms in total. The molecule has 0 N–H and O–H groups in total. The van der Waals surface area contributed by atoms with Gasteiger partial charge in [0.15, 0.2) is 0 Å². The number of benzene rings is 1. The third kappa shape index (κ3) is 1.01. The summed E-state index contributed by atoms with van der Waals surface area (Å²) >= 11 is 0. The van der Waals surface area contributed by atoms with Gasteiger partial charge in [0, 0.05) is 0 Å². The van der Waals surface area contributed by atoms with Gasteiger partial charge in [0.2, 0.25) is 0 Å². The van der Waals surface area contributed by atoms with Crippen molar-refractivity contribution >= 4 is 12.2 Å². The van der Waals surface area contributed by atoms with Crippen molar-refractivity contribution in [3.63, 3.8) is 0 Å². The van der Waals surface area contributed by atoms with Crippen LogP contribution >= 0.6 is 0 Å². The SMILES string of the molecule is C=Cc1c[c]c2c(c1)C=CC2. The number of rotatable bonds is 1. The van der Waals surface area contributed by atoms with Crippen LogP contribution in [0.5, 0.6) is 0 Å². The lowest BCUT2D eigenvalue weighted by Crippen LogP contribution is -1.82. The molecule has 1 radical (unpaired) electrons. The molecule has 0 spiro atoms. The largest absolute Gasteiger partial charge is 0.0985 e. The zero-order valence-electron chi connectivity index (χ0n) is 6.30. The van der Waals surface area contributed by atoms with Gasteiger partial charge in [-0.25, -0.2) is 0 Å². The number of hydrogen-bond donors (Lipinski definition) is 0. The van der Waals surface area contributed by atoms with Crippen LogP contribution < -0.4 is 0 Å². The van der Waals surface area contributed by atoms with Gasteiger partial charge in [-0.2, -0.15) is 0 Å². The van der Waals surface area contributed by atoms with E-state index in [1.165, 1.54) is 11.1 Å². The number of hydrogen-bond acceptors (Lipinski definition) is 0. The standard InChI is InChI=1S/C11H9/c1-2-9-6-7-10-4-3-5-11(10)8-9/h2-3,5-6,8H,1,4H2. The van der Waals surface area contributed by atoms with Crippen molar-refractivity contribution in [2.45, 2.75) is 6.42 Å². The maximum atomic E-state index is 3.71. The molecule has 1 aliphatic carbocycles. The minimum absolute atomic E-state index is 1.03. The van der Waals surface area contributed by atoms with Crippen molar-refractivity contribution < 1.29 is 0 Å². The Morgan fingerprint density at radius 1 is 1.55 bits per heavy atom. The van der Waals surface area contributed by atoms with Crippen LogP contribution in [0.2, 0.25) is 0 Å². The second-order valence-corrected chi connectivity index (χ2v) is 2.68. The molecule has 1 aromatic carbocycles. The molecule has 0 amide bonds. The van der Waals surface area contributed by atoms with Gasteiger partial charge in [0.05, 0.1) is 0 Å². The van der Waals surface area contributed by atoms with E-state index in [0.29, 0.717) is 0 Å². The Hall–Kier alpha value is -1.30. The molecule has 1 aliphatic rings. The summed E-state index contributed by atoms with van der Waals surface area (Å²) in [7, 11) is 0. The van der Waals surface area contributed by atoms with Gasteiger partial charge in [0.25, 0.3) is 0 Å². The molecule has 0 heteroatoms. The van der Waals surface area contributed by atoms with E-state index >= 15 is 0 Å². The lowest BCUT2D eigenvalue weighted by molar-refractivity contribution is 1.30. The molecular formula is C11H9. The van der Waals surface area contributed by atoms with Crippen molar-refractivity contribution in [3.05, 3.63) is 47.5 Å². The Kier molecular flexibility index (Phi) is 1.39. The van der Waals surface area contributed by atoms with Crippen LogP contribution in [-0.2, 0) is 6.42 Å². The molecule has 0 atom stereocenters. The maximum Gasteiger partial charge on any atom is -0.00820 e. The lowest BCUT2D eigenvalue weighted by Gasteiger charge is -1.98. The van der Waals surface area contributed by atoms with E-state index in [9.17, 15) is 0 Å². The van der Waals surface area contributed by atoms with E-state index in [0.717, 1.165) is 12.0 Å². The van der Waals surface area contributed by atoms with Gasteiger partial charge in [0.1, 0.15) is 0 Å². The van der Waals surface area contributed by atoms with E-state index in [1.807, 2.05) is 12.1 Å². The molecule has 0 bridgehead atoms. The van der Waals surface area contributed by atoms with E-state index in [1.54, 1.807) is 0 Å². The zero-order chi connectivity index (χ0) is 7.68. The Balaban J connectivity index is 2.55. The molecule has 0 saturated heterocycles. The van der Waals surface area contributed by atoms with Crippen molar-refractivity contribution in [2.24, 2.45) is 0 Å². The molecule has 0 heterocycles. The average molecular weight is 141 g/mol. The summed E-state index contributed by atoms with van der Waals surface area (Å²) in [6.07, 6.45) is 7.18. The first-order chi connectivity index (χ1) is 5.40. The van der Waals surface area contributed by atoms with Gasteiger partial charge in [-0.05, 0) is 41.3 Å². The zero-order valence-corrected chi connectivity index (χ0v) is 6.30. The van der Waals surface area contributed by atoms with Crippen LogP contribution in [0.4, 0.5) is 0 Å². The van der Waals surface area contributed by atoms with Crippen LogP contribution in [0.3, 0.4) is 0 Å². The van der Waals surface area contributed by atoms with Gasteiger partial charge in [-0.15, -0.1) is 0 Å². The summed E-state index contributed by atoms with van der Waals surface area (Å²) in [4.78, 5) is 0. The van der Waals surface area contributed by atoms with Crippen molar-refractivity contribution in [3.8, 4) is 0 Å². The highest BCUT2D eigenvalue weighted by Gasteiger charge is 2.03. The summed E-state index contributed by atoms with van der Waals surface area (Å²) in [5.74, 6) is 0. The summed E-state index contributed by atoms with van der Waals surface area (Å²) in [5.41, 5.74) is 3.74. The first-order valence-corrected chi connectivity index (χ1v) is 3.74. The fraction of sp³-hybridized carbons (Fsp3) is 0.0909. The fourth-order valence-corrected chi connectivity index (χ4v) is 1.31. The van der Waals surface area contributed by atoms with Gasteiger partial charge >= 0.3 is 0 Å². The fourth-order valence-electron chi connectivity index (χ4n) is 1.31. The smallest absolute Gasteiger partial charge is 0.00820 e. The van der Waals surface area contributed by atoms with Crippen LogP contribution in [0.1, 0.15) is 16.7 Å². The van der Waals surface area contributed by atoms with E-state index < -0.39 is 0 Å². The molecule has 11 heavy (non-hydrogen) atoms. The lowest BCUT2D eigenvalue weighted by atomic mass is 10.1. The molecule has 1 aromatic rings. The second-order valence-electron chi connectivity index (χ2n) is 2.68. The Morgan fingerprint density at radius 3 is 3.27 bits per heavy atom. The highest BCUT2D eigenvalue weighted by Crippen LogP contribution is 2.20. The van der Waals surface area contributed by atoms with E-state index in [2.05, 4.69) is 30.9 Å². The molecule has 0 saturated carbocycles. The quantitative estimate of drug-likeness (QED) is 0.564. The molecule has 0 aliphatic heterocycles. The Bertz CT molecular complexity index is 319. The van der Waals surface area contributed by atoms with E-state index in [-0.39, 0.29) is 0 Å². The first-order valence-electron chi connectivity index (χ1n) is 3.74. The number of allylic oxidation sites excluding steroid dienone is 1.